The predicted octanol–water partition coefficient (Wildman–Crippen LogP) is 4.94. The number of nitrogens with one attached hydrogen (secondary N) is 1. The standard InChI is InChI=1S/C25H32ClN3O2/c1-3-25(20-8-4-5-9-22(20)27-24(25)30)12-6-7-13-28-14-16-29(17-15-28)19-10-11-21(26)23(18-19)31-2/h4-5,8-11,18H,3,6-7,12-17H2,1-2H3,(H,27,30). The number of rotatable bonds is 8. The number of para-hydroxylation sites is 1. The minimum absolute atomic E-state index is 0.170. The number of unbranched alkanes of at least 4 members (excludes halogenated alkanes) is 1. The molecule has 1 atom stereocenters. The molecule has 2 aromatic carbocycles. The van der Waals surface area contributed by atoms with Gasteiger partial charge in [0.1, 0.15) is 5.75 Å². The molecule has 1 fully saturated rings. The molecule has 2 aliphatic rings. The van der Waals surface area contributed by atoms with Crippen LogP contribution in [0.1, 0.15) is 38.2 Å². The molecule has 0 spiro atoms. The Morgan fingerprint density at radius 1 is 1.10 bits per heavy atom. The summed E-state index contributed by atoms with van der Waals surface area (Å²) in [5.74, 6) is 0.896. The summed E-state index contributed by atoms with van der Waals surface area (Å²) in [5.41, 5.74) is 2.97. The molecule has 0 radical (unpaired) electrons. The van der Waals surface area contributed by atoms with Crippen molar-refractivity contribution in [1.29, 1.82) is 0 Å². The Morgan fingerprint density at radius 3 is 2.61 bits per heavy atom. The lowest BCUT2D eigenvalue weighted by Crippen LogP contribution is -2.46. The van der Waals surface area contributed by atoms with Crippen molar-refractivity contribution in [2.45, 2.75) is 38.0 Å². The van der Waals surface area contributed by atoms with Gasteiger partial charge in [0.05, 0.1) is 17.5 Å². The number of benzene rings is 2. The largest absolute Gasteiger partial charge is 0.495 e. The Kier molecular flexibility index (Phi) is 6.73. The number of carbonyl (C=O) groups is 1. The van der Waals surface area contributed by atoms with Gasteiger partial charge >= 0.3 is 0 Å². The number of ether oxygens (including phenoxy) is 1. The van der Waals surface area contributed by atoms with Crippen LogP contribution < -0.4 is 15.0 Å². The summed E-state index contributed by atoms with van der Waals surface area (Å²) in [6, 6.07) is 14.1. The summed E-state index contributed by atoms with van der Waals surface area (Å²) in [6.45, 7) is 7.31. The van der Waals surface area contributed by atoms with Crippen LogP contribution in [0.5, 0.6) is 5.75 Å². The van der Waals surface area contributed by atoms with Crippen molar-refractivity contribution in [3.63, 3.8) is 0 Å². The first-order valence-electron chi connectivity index (χ1n) is 11.3. The van der Waals surface area contributed by atoms with Crippen LogP contribution in [0.3, 0.4) is 0 Å². The Hall–Kier alpha value is -2.24. The van der Waals surface area contributed by atoms with Crippen LogP contribution in [0.15, 0.2) is 42.5 Å². The monoisotopic (exact) mass is 441 g/mol. The van der Waals surface area contributed by atoms with E-state index in [2.05, 4.69) is 34.2 Å². The molecule has 166 valence electrons. The molecular formula is C25H32ClN3O2. The highest BCUT2D eigenvalue weighted by atomic mass is 35.5. The number of carbonyl (C=O) groups excluding carboxylic acids is 1. The summed E-state index contributed by atoms with van der Waals surface area (Å²) < 4.78 is 5.35. The average molecular weight is 442 g/mol. The number of nitrogens with zero attached hydrogens (tertiary/aromatic N) is 2. The Bertz CT molecular complexity index is 927. The maximum atomic E-state index is 12.8. The third-order valence-electron chi connectivity index (χ3n) is 6.93. The highest BCUT2D eigenvalue weighted by molar-refractivity contribution is 6.32. The van der Waals surface area contributed by atoms with Crippen molar-refractivity contribution in [1.82, 2.24) is 4.90 Å². The zero-order valence-corrected chi connectivity index (χ0v) is 19.3. The lowest BCUT2D eigenvalue weighted by Gasteiger charge is -2.36. The van der Waals surface area contributed by atoms with E-state index in [1.807, 2.05) is 30.3 Å². The van der Waals surface area contributed by atoms with Gasteiger partial charge in [0.2, 0.25) is 5.91 Å². The lowest BCUT2D eigenvalue weighted by atomic mass is 9.75. The minimum atomic E-state index is -0.358. The van der Waals surface area contributed by atoms with Gasteiger partial charge in [0.25, 0.3) is 0 Å². The molecule has 2 aromatic rings. The maximum Gasteiger partial charge on any atom is 0.235 e. The molecule has 0 saturated carbocycles. The van der Waals surface area contributed by atoms with E-state index in [0.717, 1.165) is 75.5 Å². The van der Waals surface area contributed by atoms with Crippen LogP contribution in [-0.2, 0) is 10.2 Å². The number of hydrogen-bond acceptors (Lipinski definition) is 4. The zero-order valence-electron chi connectivity index (χ0n) is 18.5. The van der Waals surface area contributed by atoms with Crippen LogP contribution in [0.25, 0.3) is 0 Å². The molecule has 1 amide bonds. The summed E-state index contributed by atoms with van der Waals surface area (Å²) in [6.07, 6.45) is 3.94. The molecule has 1 saturated heterocycles. The number of amides is 1. The predicted molar refractivity (Wildman–Crippen MR) is 128 cm³/mol. The molecule has 1 N–H and O–H groups in total. The number of fused-ring (bicyclic) bond motifs is 1. The number of piperazine rings is 1. The van der Waals surface area contributed by atoms with Crippen LogP contribution in [0.2, 0.25) is 5.02 Å². The Balaban J connectivity index is 1.26. The normalized spacial score (nSPS) is 21.1. The van der Waals surface area contributed by atoms with Gasteiger partial charge in [0, 0.05) is 43.6 Å². The number of halogens is 1. The van der Waals surface area contributed by atoms with Gasteiger partial charge in [0.15, 0.2) is 0 Å². The van der Waals surface area contributed by atoms with E-state index in [4.69, 9.17) is 16.3 Å². The second kappa shape index (κ2) is 9.49. The zero-order chi connectivity index (χ0) is 21.8. The smallest absolute Gasteiger partial charge is 0.235 e. The minimum Gasteiger partial charge on any atom is -0.495 e. The number of hydrogen-bond donors (Lipinski definition) is 1. The van der Waals surface area contributed by atoms with E-state index in [0.29, 0.717) is 5.02 Å². The van der Waals surface area contributed by atoms with Crippen molar-refractivity contribution in [2.24, 2.45) is 0 Å². The van der Waals surface area contributed by atoms with Crippen molar-refractivity contribution in [3.05, 3.63) is 53.1 Å². The van der Waals surface area contributed by atoms with Gasteiger partial charge in [-0.15, -0.1) is 0 Å². The molecule has 31 heavy (non-hydrogen) atoms. The highest BCUT2D eigenvalue weighted by Crippen LogP contribution is 2.43. The van der Waals surface area contributed by atoms with E-state index in [1.165, 1.54) is 5.56 Å². The fraction of sp³-hybridized carbons (Fsp3) is 0.480. The first-order chi connectivity index (χ1) is 15.1. The van der Waals surface area contributed by atoms with E-state index in [9.17, 15) is 4.79 Å². The van der Waals surface area contributed by atoms with Crippen molar-refractivity contribution < 1.29 is 9.53 Å². The number of methoxy groups -OCH3 is 1. The van der Waals surface area contributed by atoms with Crippen molar-refractivity contribution in [3.8, 4) is 5.75 Å². The fourth-order valence-corrected chi connectivity index (χ4v) is 5.18. The van der Waals surface area contributed by atoms with Gasteiger partial charge < -0.3 is 15.0 Å². The first-order valence-corrected chi connectivity index (χ1v) is 11.7. The van der Waals surface area contributed by atoms with Gasteiger partial charge in [-0.1, -0.05) is 43.1 Å². The topological polar surface area (TPSA) is 44.8 Å². The molecular weight excluding hydrogens is 410 g/mol. The first kappa shape index (κ1) is 22.0. The lowest BCUT2D eigenvalue weighted by molar-refractivity contribution is -0.121. The molecule has 1 unspecified atom stereocenters. The molecule has 2 heterocycles. The van der Waals surface area contributed by atoms with E-state index in [-0.39, 0.29) is 11.3 Å². The Morgan fingerprint density at radius 2 is 1.87 bits per heavy atom. The second-order valence-electron chi connectivity index (χ2n) is 8.54. The van der Waals surface area contributed by atoms with Gasteiger partial charge in [-0.05, 0) is 49.6 Å². The summed E-state index contributed by atoms with van der Waals surface area (Å²) in [4.78, 5) is 17.7. The van der Waals surface area contributed by atoms with E-state index in [1.54, 1.807) is 7.11 Å². The SMILES string of the molecule is CCC1(CCCCN2CCN(c3ccc(Cl)c(OC)c3)CC2)C(=O)Nc2ccccc21. The molecule has 0 aromatic heterocycles. The number of anilines is 2. The van der Waals surface area contributed by atoms with E-state index < -0.39 is 0 Å². The summed E-state index contributed by atoms with van der Waals surface area (Å²) >= 11 is 6.16. The summed E-state index contributed by atoms with van der Waals surface area (Å²) in [7, 11) is 1.65. The second-order valence-corrected chi connectivity index (χ2v) is 8.95. The quantitative estimate of drug-likeness (QED) is 0.589. The molecule has 4 rings (SSSR count). The Labute approximate surface area is 190 Å². The molecule has 0 bridgehead atoms. The van der Waals surface area contributed by atoms with Crippen molar-refractivity contribution >= 4 is 28.9 Å². The average Bonchev–Trinajstić information content (AvgIpc) is 3.09. The van der Waals surface area contributed by atoms with E-state index >= 15 is 0 Å². The third-order valence-corrected chi connectivity index (χ3v) is 7.24. The van der Waals surface area contributed by atoms with Crippen LogP contribution in [0, 0.1) is 0 Å². The van der Waals surface area contributed by atoms with Gasteiger partial charge in [-0.3, -0.25) is 9.69 Å². The van der Waals surface area contributed by atoms with Crippen LogP contribution in [0.4, 0.5) is 11.4 Å². The fourth-order valence-electron chi connectivity index (χ4n) is 4.99. The molecule has 2 aliphatic heterocycles. The molecule has 6 heteroatoms. The summed E-state index contributed by atoms with van der Waals surface area (Å²) in [5, 5.41) is 3.74. The highest BCUT2D eigenvalue weighted by Gasteiger charge is 2.44. The van der Waals surface area contributed by atoms with Gasteiger partial charge in [-0.2, -0.15) is 0 Å². The van der Waals surface area contributed by atoms with Crippen LogP contribution >= 0.6 is 11.6 Å². The van der Waals surface area contributed by atoms with Crippen LogP contribution in [-0.4, -0.2) is 50.6 Å². The maximum absolute atomic E-state index is 12.8. The van der Waals surface area contributed by atoms with Crippen molar-refractivity contribution in [2.75, 3.05) is 50.1 Å². The van der Waals surface area contributed by atoms with Gasteiger partial charge in [-0.25, -0.2) is 0 Å². The molecule has 0 aliphatic carbocycles. The molecule has 5 nitrogen and oxygen atoms in total. The third kappa shape index (κ3) is 4.39.